The highest BCUT2D eigenvalue weighted by Gasteiger charge is 2.31. The van der Waals surface area contributed by atoms with E-state index < -0.39 is 6.10 Å². The largest absolute Gasteiger partial charge is 0.456 e. The second-order valence-electron chi connectivity index (χ2n) is 10.6. The number of hydrogen-bond donors (Lipinski definition) is 2. The number of aliphatic hydroxyl groups excluding tert-OH is 1. The molecule has 2 aromatic carbocycles. The number of hydrogen-bond acceptors (Lipinski definition) is 6. The highest BCUT2D eigenvalue weighted by Crippen LogP contribution is 2.34. The van der Waals surface area contributed by atoms with Crippen LogP contribution in [0.5, 0.6) is 11.5 Å². The molecule has 2 amide bonds. The lowest BCUT2D eigenvalue weighted by Gasteiger charge is -2.18. The molecule has 38 heavy (non-hydrogen) atoms. The van der Waals surface area contributed by atoms with Crippen LogP contribution in [-0.2, 0) is 21.5 Å². The zero-order valence-electron chi connectivity index (χ0n) is 21.9. The average molecular weight is 514 g/mol. The van der Waals surface area contributed by atoms with Gasteiger partial charge in [0, 0.05) is 36.4 Å². The second kappa shape index (κ2) is 9.90. The molecule has 3 heterocycles. The number of aliphatic hydroxyl groups is 1. The van der Waals surface area contributed by atoms with Crippen LogP contribution in [0.25, 0.3) is 10.9 Å². The van der Waals surface area contributed by atoms with Crippen molar-refractivity contribution in [2.75, 3.05) is 16.8 Å². The van der Waals surface area contributed by atoms with Crippen LogP contribution in [-0.4, -0.2) is 44.3 Å². The SMILES string of the molecule is Cc1cc(CC(=O)Nc2cnn(C(C)(C)C)c2)ccc1Oc1ccnc2ccc(N3CCC(O)C3=O)cc12. The maximum atomic E-state index is 12.6. The van der Waals surface area contributed by atoms with Gasteiger partial charge < -0.3 is 20.1 Å². The van der Waals surface area contributed by atoms with Crippen molar-refractivity contribution in [3.05, 3.63) is 72.2 Å². The maximum absolute atomic E-state index is 12.6. The molecule has 0 saturated carbocycles. The predicted molar refractivity (Wildman–Crippen MR) is 146 cm³/mol. The van der Waals surface area contributed by atoms with E-state index in [2.05, 4.69) is 15.4 Å². The molecule has 1 saturated heterocycles. The Hall–Kier alpha value is -4.24. The first kappa shape index (κ1) is 25.4. The van der Waals surface area contributed by atoms with Gasteiger partial charge >= 0.3 is 0 Å². The van der Waals surface area contributed by atoms with Crippen LogP contribution < -0.4 is 15.0 Å². The average Bonchev–Trinajstić information content (AvgIpc) is 3.47. The van der Waals surface area contributed by atoms with Gasteiger partial charge in [0.15, 0.2) is 0 Å². The number of benzene rings is 2. The summed E-state index contributed by atoms with van der Waals surface area (Å²) in [6, 6.07) is 13.0. The molecular weight excluding hydrogens is 482 g/mol. The number of anilines is 2. The first-order valence-electron chi connectivity index (χ1n) is 12.6. The fourth-order valence-corrected chi connectivity index (χ4v) is 4.49. The molecular formula is C29H31N5O4. The van der Waals surface area contributed by atoms with Crippen molar-refractivity contribution in [1.29, 1.82) is 0 Å². The zero-order chi connectivity index (χ0) is 27.0. The quantitative estimate of drug-likeness (QED) is 0.391. The lowest BCUT2D eigenvalue weighted by Crippen LogP contribution is -2.28. The Morgan fingerprint density at radius 2 is 1.97 bits per heavy atom. The van der Waals surface area contributed by atoms with Crippen LogP contribution in [0.2, 0.25) is 0 Å². The standard InChI is InChI=1S/C29H31N5O4/c1-18-13-19(14-27(36)32-20-16-31-34(17-20)29(2,3)4)5-8-25(18)38-26-9-11-30-23-7-6-21(15-22(23)26)33-12-10-24(35)28(33)37/h5-9,11,13,15-17,24,35H,10,12,14H2,1-4H3,(H,32,36). The molecule has 9 nitrogen and oxygen atoms in total. The van der Waals surface area contributed by atoms with E-state index >= 15 is 0 Å². The van der Waals surface area contributed by atoms with Gasteiger partial charge in [-0.05, 0) is 69.2 Å². The van der Waals surface area contributed by atoms with Gasteiger partial charge in [-0.15, -0.1) is 0 Å². The minimum absolute atomic E-state index is 0.124. The van der Waals surface area contributed by atoms with Gasteiger partial charge in [-0.2, -0.15) is 5.10 Å². The topological polar surface area (TPSA) is 110 Å². The van der Waals surface area contributed by atoms with E-state index in [1.807, 2.05) is 75.0 Å². The summed E-state index contributed by atoms with van der Waals surface area (Å²) in [4.78, 5) is 30.9. The summed E-state index contributed by atoms with van der Waals surface area (Å²) in [6.07, 6.45) is 4.83. The molecule has 4 aromatic rings. The Bertz CT molecular complexity index is 1520. The summed E-state index contributed by atoms with van der Waals surface area (Å²) in [5.74, 6) is 0.842. The number of carbonyl (C=O) groups excluding carboxylic acids is 2. The number of nitrogens with zero attached hydrogens (tertiary/aromatic N) is 4. The Morgan fingerprint density at radius 1 is 1.16 bits per heavy atom. The number of aromatic nitrogens is 3. The number of carbonyl (C=O) groups is 2. The van der Waals surface area contributed by atoms with E-state index in [0.717, 1.165) is 22.0 Å². The number of pyridine rings is 1. The Balaban J connectivity index is 1.31. The summed E-state index contributed by atoms with van der Waals surface area (Å²) in [5, 5.41) is 17.8. The van der Waals surface area contributed by atoms with Gasteiger partial charge in [0.2, 0.25) is 5.91 Å². The van der Waals surface area contributed by atoms with Crippen LogP contribution in [0.15, 0.2) is 61.1 Å². The number of rotatable bonds is 6. The van der Waals surface area contributed by atoms with Gasteiger partial charge in [-0.25, -0.2) is 0 Å². The van der Waals surface area contributed by atoms with E-state index in [4.69, 9.17) is 4.74 Å². The fraction of sp³-hybridized carbons (Fsp3) is 0.310. The van der Waals surface area contributed by atoms with Crippen molar-refractivity contribution >= 4 is 34.1 Å². The smallest absolute Gasteiger partial charge is 0.255 e. The molecule has 1 aliphatic rings. The number of amides is 2. The van der Waals surface area contributed by atoms with Crippen molar-refractivity contribution in [2.24, 2.45) is 0 Å². The van der Waals surface area contributed by atoms with Crippen molar-refractivity contribution in [2.45, 2.75) is 52.2 Å². The predicted octanol–water partition coefficient (Wildman–Crippen LogP) is 4.57. The molecule has 0 radical (unpaired) electrons. The van der Waals surface area contributed by atoms with Crippen LogP contribution in [0, 0.1) is 6.92 Å². The van der Waals surface area contributed by atoms with E-state index in [0.29, 0.717) is 35.8 Å². The molecule has 2 N–H and O–H groups in total. The van der Waals surface area contributed by atoms with E-state index in [9.17, 15) is 14.7 Å². The molecule has 5 rings (SSSR count). The summed E-state index contributed by atoms with van der Waals surface area (Å²) < 4.78 is 8.09. The van der Waals surface area contributed by atoms with Crippen molar-refractivity contribution in [3.8, 4) is 11.5 Å². The molecule has 1 unspecified atom stereocenters. The molecule has 1 atom stereocenters. The number of nitrogens with one attached hydrogen (secondary N) is 1. The van der Waals surface area contributed by atoms with Crippen LogP contribution in [0.4, 0.5) is 11.4 Å². The third-order valence-electron chi connectivity index (χ3n) is 6.55. The minimum atomic E-state index is -0.959. The molecule has 1 aliphatic heterocycles. The highest BCUT2D eigenvalue weighted by molar-refractivity contribution is 6.00. The summed E-state index contributed by atoms with van der Waals surface area (Å²) in [5.41, 5.74) is 3.68. The normalized spacial score (nSPS) is 15.8. The lowest BCUT2D eigenvalue weighted by molar-refractivity contribution is -0.124. The Kier molecular flexibility index (Phi) is 6.62. The van der Waals surface area contributed by atoms with Gasteiger partial charge in [-0.3, -0.25) is 19.3 Å². The highest BCUT2D eigenvalue weighted by atomic mass is 16.5. The Labute approximate surface area is 221 Å². The molecule has 0 bridgehead atoms. The monoisotopic (exact) mass is 513 g/mol. The molecule has 0 spiro atoms. The molecule has 196 valence electrons. The van der Waals surface area contributed by atoms with Crippen LogP contribution in [0.3, 0.4) is 0 Å². The maximum Gasteiger partial charge on any atom is 0.255 e. The summed E-state index contributed by atoms with van der Waals surface area (Å²) in [6.45, 7) is 8.54. The van der Waals surface area contributed by atoms with E-state index in [1.165, 1.54) is 0 Å². The van der Waals surface area contributed by atoms with Crippen molar-refractivity contribution in [1.82, 2.24) is 14.8 Å². The van der Waals surface area contributed by atoms with E-state index in [1.54, 1.807) is 23.4 Å². The third kappa shape index (κ3) is 5.24. The number of fused-ring (bicyclic) bond motifs is 1. The first-order chi connectivity index (χ1) is 18.1. The zero-order valence-corrected chi connectivity index (χ0v) is 21.9. The second-order valence-corrected chi connectivity index (χ2v) is 10.6. The first-order valence-corrected chi connectivity index (χ1v) is 12.6. The molecule has 0 aliphatic carbocycles. The van der Waals surface area contributed by atoms with E-state index in [-0.39, 0.29) is 23.8 Å². The van der Waals surface area contributed by atoms with Crippen LogP contribution in [0.1, 0.15) is 38.3 Å². The number of ether oxygens (including phenoxy) is 1. The van der Waals surface area contributed by atoms with Crippen LogP contribution >= 0.6 is 0 Å². The minimum Gasteiger partial charge on any atom is -0.456 e. The van der Waals surface area contributed by atoms with Gasteiger partial charge in [0.25, 0.3) is 5.91 Å². The van der Waals surface area contributed by atoms with Gasteiger partial charge in [-0.1, -0.05) is 12.1 Å². The van der Waals surface area contributed by atoms with Gasteiger partial charge in [0.05, 0.1) is 29.4 Å². The Morgan fingerprint density at radius 3 is 2.66 bits per heavy atom. The van der Waals surface area contributed by atoms with Crippen molar-refractivity contribution < 1.29 is 19.4 Å². The number of aryl methyl sites for hydroxylation is 1. The molecule has 2 aromatic heterocycles. The van der Waals surface area contributed by atoms with Gasteiger partial charge in [0.1, 0.15) is 17.6 Å². The molecule has 1 fully saturated rings. The lowest BCUT2D eigenvalue weighted by atomic mass is 10.1. The summed E-state index contributed by atoms with van der Waals surface area (Å²) >= 11 is 0. The van der Waals surface area contributed by atoms with Crippen molar-refractivity contribution in [3.63, 3.8) is 0 Å². The molecule has 9 heteroatoms. The fourth-order valence-electron chi connectivity index (χ4n) is 4.49. The third-order valence-corrected chi connectivity index (χ3v) is 6.55. The summed E-state index contributed by atoms with van der Waals surface area (Å²) in [7, 11) is 0.